The Morgan fingerprint density at radius 1 is 1.50 bits per heavy atom. The molecule has 0 saturated heterocycles. The third kappa shape index (κ3) is 2.16. The Balaban J connectivity index is 2.69. The van der Waals surface area contributed by atoms with E-state index in [1.165, 1.54) is 11.9 Å². The molecule has 3 N–H and O–H groups in total. The van der Waals surface area contributed by atoms with Gasteiger partial charge in [0.1, 0.15) is 0 Å². The summed E-state index contributed by atoms with van der Waals surface area (Å²) in [7, 11) is 3.13. The molecule has 1 fully saturated rings. The van der Waals surface area contributed by atoms with Gasteiger partial charge in [0.2, 0.25) is 11.8 Å². The van der Waals surface area contributed by atoms with Gasteiger partial charge in [-0.3, -0.25) is 9.59 Å². The van der Waals surface area contributed by atoms with Crippen LogP contribution in [0.15, 0.2) is 0 Å². The Kier molecular flexibility index (Phi) is 3.85. The molecule has 0 aliphatic heterocycles. The van der Waals surface area contributed by atoms with E-state index in [-0.39, 0.29) is 23.3 Å². The van der Waals surface area contributed by atoms with Crippen molar-refractivity contribution in [2.75, 3.05) is 20.6 Å². The van der Waals surface area contributed by atoms with Crippen LogP contribution in [0.2, 0.25) is 0 Å². The molecule has 2 amide bonds. The molecule has 1 aliphatic rings. The molecule has 0 aromatic heterocycles. The molecule has 0 radical (unpaired) electrons. The number of carbonyl (C=O) groups excluding carboxylic acids is 2. The number of nitrogens with one attached hydrogen (secondary N) is 1. The molecule has 1 aliphatic carbocycles. The zero-order valence-electron chi connectivity index (χ0n) is 9.58. The molecular formula is C10H17N3O2S. The summed E-state index contributed by atoms with van der Waals surface area (Å²) in [6, 6.07) is 0. The largest absolute Gasteiger partial charge is 0.392 e. The van der Waals surface area contributed by atoms with Gasteiger partial charge in [-0.25, -0.2) is 0 Å². The van der Waals surface area contributed by atoms with Gasteiger partial charge in [-0.05, 0) is 12.8 Å². The predicted molar refractivity (Wildman–Crippen MR) is 64.8 cm³/mol. The lowest BCUT2D eigenvalue weighted by Gasteiger charge is -2.41. The van der Waals surface area contributed by atoms with Crippen LogP contribution in [0, 0.1) is 5.41 Å². The van der Waals surface area contributed by atoms with Crippen LogP contribution in [0.1, 0.15) is 19.3 Å². The maximum Gasteiger partial charge on any atom is 0.239 e. The van der Waals surface area contributed by atoms with Crippen LogP contribution < -0.4 is 11.1 Å². The van der Waals surface area contributed by atoms with E-state index in [0.29, 0.717) is 12.8 Å². The summed E-state index contributed by atoms with van der Waals surface area (Å²) >= 11 is 4.95. The number of likely N-dealkylation sites (N-methyl/N-ethyl adjacent to an activating group) is 2. The Labute approximate surface area is 100 Å². The van der Waals surface area contributed by atoms with Crippen molar-refractivity contribution < 1.29 is 9.59 Å². The standard InChI is InChI=1S/C10H17N3O2S/c1-12-7(14)6-13(2)9(15)10(8(11)16)4-3-5-10/h3-6H2,1-2H3,(H2,11,16)(H,12,14). The van der Waals surface area contributed by atoms with Gasteiger partial charge in [0.15, 0.2) is 0 Å². The first-order valence-corrected chi connectivity index (χ1v) is 5.61. The molecular weight excluding hydrogens is 226 g/mol. The van der Waals surface area contributed by atoms with E-state index in [1.807, 2.05) is 0 Å². The zero-order valence-corrected chi connectivity index (χ0v) is 10.4. The molecule has 1 rings (SSSR count). The minimum Gasteiger partial charge on any atom is -0.392 e. The van der Waals surface area contributed by atoms with Crippen molar-refractivity contribution in [1.82, 2.24) is 10.2 Å². The summed E-state index contributed by atoms with van der Waals surface area (Å²) in [6.07, 6.45) is 2.34. The molecule has 0 spiro atoms. The minimum atomic E-state index is -0.696. The minimum absolute atomic E-state index is 0.0414. The number of rotatable bonds is 4. The summed E-state index contributed by atoms with van der Waals surface area (Å²) in [4.78, 5) is 24.9. The summed E-state index contributed by atoms with van der Waals surface area (Å²) in [5.74, 6) is -0.344. The highest BCUT2D eigenvalue weighted by Crippen LogP contribution is 2.42. The second-order valence-corrected chi connectivity index (χ2v) is 4.57. The SMILES string of the molecule is CNC(=O)CN(C)C(=O)C1(C(N)=S)CCC1. The van der Waals surface area contributed by atoms with Gasteiger partial charge in [0.25, 0.3) is 0 Å². The highest BCUT2D eigenvalue weighted by atomic mass is 32.1. The summed E-state index contributed by atoms with van der Waals surface area (Å²) in [6.45, 7) is 0.0414. The van der Waals surface area contributed by atoms with Crippen molar-refractivity contribution in [3.63, 3.8) is 0 Å². The average Bonchev–Trinajstić information content (AvgIpc) is 2.14. The highest BCUT2D eigenvalue weighted by molar-refractivity contribution is 7.80. The number of thiocarbonyl (C=S) groups is 1. The van der Waals surface area contributed by atoms with Gasteiger partial charge in [0, 0.05) is 14.1 Å². The van der Waals surface area contributed by atoms with E-state index in [4.69, 9.17) is 18.0 Å². The molecule has 0 aromatic rings. The van der Waals surface area contributed by atoms with E-state index in [2.05, 4.69) is 5.32 Å². The predicted octanol–water partition coefficient (Wildman–Crippen LogP) is -0.353. The Bertz CT molecular complexity index is 326. The number of carbonyl (C=O) groups is 2. The van der Waals surface area contributed by atoms with Crippen molar-refractivity contribution in [2.45, 2.75) is 19.3 Å². The van der Waals surface area contributed by atoms with Crippen LogP contribution in [0.25, 0.3) is 0 Å². The smallest absolute Gasteiger partial charge is 0.239 e. The molecule has 0 atom stereocenters. The molecule has 16 heavy (non-hydrogen) atoms. The molecule has 5 nitrogen and oxygen atoms in total. The third-order valence-electron chi connectivity index (χ3n) is 3.09. The number of hydrogen-bond acceptors (Lipinski definition) is 3. The second-order valence-electron chi connectivity index (χ2n) is 4.13. The van der Waals surface area contributed by atoms with Crippen molar-refractivity contribution in [2.24, 2.45) is 11.1 Å². The van der Waals surface area contributed by atoms with Gasteiger partial charge in [-0.2, -0.15) is 0 Å². The van der Waals surface area contributed by atoms with Crippen LogP contribution in [0.3, 0.4) is 0 Å². The fraction of sp³-hybridized carbons (Fsp3) is 0.700. The van der Waals surface area contributed by atoms with E-state index in [9.17, 15) is 9.59 Å². The fourth-order valence-corrected chi connectivity index (χ4v) is 2.12. The molecule has 0 aromatic carbocycles. The Morgan fingerprint density at radius 2 is 2.06 bits per heavy atom. The normalized spacial score (nSPS) is 17.1. The van der Waals surface area contributed by atoms with E-state index < -0.39 is 5.41 Å². The third-order valence-corrected chi connectivity index (χ3v) is 3.49. The Morgan fingerprint density at radius 3 is 2.38 bits per heavy atom. The van der Waals surface area contributed by atoms with E-state index in [1.54, 1.807) is 7.05 Å². The quantitative estimate of drug-likeness (QED) is 0.662. The molecule has 0 unspecified atom stereocenters. The van der Waals surface area contributed by atoms with Crippen molar-refractivity contribution >= 4 is 29.0 Å². The number of nitrogens with zero attached hydrogens (tertiary/aromatic N) is 1. The van der Waals surface area contributed by atoms with Crippen LogP contribution in [0.5, 0.6) is 0 Å². The fourth-order valence-electron chi connectivity index (χ4n) is 1.83. The van der Waals surface area contributed by atoms with Gasteiger partial charge < -0.3 is 16.0 Å². The zero-order chi connectivity index (χ0) is 12.3. The van der Waals surface area contributed by atoms with Crippen LogP contribution in [0.4, 0.5) is 0 Å². The van der Waals surface area contributed by atoms with Crippen molar-refractivity contribution in [3.8, 4) is 0 Å². The van der Waals surface area contributed by atoms with E-state index >= 15 is 0 Å². The maximum atomic E-state index is 12.1. The molecule has 90 valence electrons. The summed E-state index contributed by atoms with van der Waals surface area (Å²) in [5.41, 5.74) is 4.92. The van der Waals surface area contributed by atoms with Crippen LogP contribution in [-0.4, -0.2) is 42.3 Å². The lowest BCUT2D eigenvalue weighted by atomic mass is 9.67. The highest BCUT2D eigenvalue weighted by Gasteiger charge is 2.48. The van der Waals surface area contributed by atoms with E-state index in [0.717, 1.165) is 6.42 Å². The monoisotopic (exact) mass is 243 g/mol. The lowest BCUT2D eigenvalue weighted by Crippen LogP contribution is -2.54. The van der Waals surface area contributed by atoms with Crippen LogP contribution >= 0.6 is 12.2 Å². The number of amides is 2. The summed E-state index contributed by atoms with van der Waals surface area (Å²) in [5, 5.41) is 2.47. The van der Waals surface area contributed by atoms with Crippen LogP contribution in [-0.2, 0) is 9.59 Å². The average molecular weight is 243 g/mol. The second kappa shape index (κ2) is 4.78. The first-order chi connectivity index (χ1) is 7.44. The molecule has 0 bridgehead atoms. The van der Waals surface area contributed by atoms with Gasteiger partial charge in [0.05, 0.1) is 16.9 Å². The number of nitrogens with two attached hydrogens (primary N) is 1. The maximum absolute atomic E-state index is 12.1. The first kappa shape index (κ1) is 12.9. The van der Waals surface area contributed by atoms with Gasteiger partial charge in [-0.15, -0.1) is 0 Å². The molecule has 1 saturated carbocycles. The lowest BCUT2D eigenvalue weighted by molar-refractivity contribution is -0.143. The number of hydrogen-bond donors (Lipinski definition) is 2. The van der Waals surface area contributed by atoms with Crippen molar-refractivity contribution in [1.29, 1.82) is 0 Å². The summed E-state index contributed by atoms with van der Waals surface area (Å²) < 4.78 is 0. The van der Waals surface area contributed by atoms with Crippen molar-refractivity contribution in [3.05, 3.63) is 0 Å². The van der Waals surface area contributed by atoms with Gasteiger partial charge in [-0.1, -0.05) is 18.6 Å². The Hall–Kier alpha value is -1.17. The molecule has 6 heteroatoms. The van der Waals surface area contributed by atoms with Gasteiger partial charge >= 0.3 is 0 Å². The topological polar surface area (TPSA) is 75.4 Å². The first-order valence-electron chi connectivity index (χ1n) is 5.20. The molecule has 0 heterocycles.